The third kappa shape index (κ3) is 11.4. The first kappa shape index (κ1) is 36.4. The fraction of sp³-hybridized carbons (Fsp3) is 0.594. The number of rotatable bonds is 12. The van der Waals surface area contributed by atoms with E-state index in [2.05, 4.69) is 0 Å². The van der Waals surface area contributed by atoms with Crippen LogP contribution in [0, 0.1) is 11.8 Å². The van der Waals surface area contributed by atoms with Gasteiger partial charge < -0.3 is 0 Å². The van der Waals surface area contributed by atoms with Gasteiger partial charge in [-0.05, 0) is 103 Å². The molecule has 0 bridgehead atoms. The Labute approximate surface area is 259 Å². The van der Waals surface area contributed by atoms with Crippen molar-refractivity contribution in [3.05, 3.63) is 65.7 Å². The highest BCUT2D eigenvalue weighted by molar-refractivity contribution is 7.91. The Hall–Kier alpha value is -2.04. The number of sulfone groups is 1. The van der Waals surface area contributed by atoms with Crippen LogP contribution in [0.5, 0.6) is 0 Å². The first-order chi connectivity index (χ1) is 20.2. The molecule has 246 valence electrons. The van der Waals surface area contributed by atoms with Crippen LogP contribution in [0.3, 0.4) is 0 Å². The van der Waals surface area contributed by atoms with E-state index in [0.29, 0.717) is 25.7 Å². The Balaban J connectivity index is 1.64. The highest BCUT2D eigenvalue weighted by atomic mass is 32.2. The monoisotopic (exact) mass is 660 g/mol. The van der Waals surface area contributed by atoms with Crippen LogP contribution in [-0.4, -0.2) is 37.8 Å². The maximum absolute atomic E-state index is 13.6. The highest BCUT2D eigenvalue weighted by Gasteiger charge is 2.39. The van der Waals surface area contributed by atoms with Crippen molar-refractivity contribution in [1.82, 2.24) is 0 Å². The highest BCUT2D eigenvalue weighted by Crippen LogP contribution is 2.56. The lowest BCUT2D eigenvalue weighted by Crippen LogP contribution is -2.28. The topological polar surface area (TPSA) is 96.0 Å². The van der Waals surface area contributed by atoms with Gasteiger partial charge in [0.25, 0.3) is 0 Å². The number of hydrogen-bond donors (Lipinski definition) is 0. The first-order valence-electron chi connectivity index (χ1n) is 14.8. The van der Waals surface area contributed by atoms with Crippen LogP contribution < -0.4 is 0 Å². The van der Waals surface area contributed by atoms with Gasteiger partial charge in [0.2, 0.25) is 0 Å². The molecule has 7 nitrogen and oxygen atoms in total. The van der Waals surface area contributed by atoms with Crippen LogP contribution in [-0.2, 0) is 38.9 Å². The molecule has 0 radical (unpaired) electrons. The molecule has 0 spiro atoms. The molecule has 0 saturated heterocycles. The molecule has 44 heavy (non-hydrogen) atoms. The van der Waals surface area contributed by atoms with Gasteiger partial charge in [-0.3, -0.25) is 18.4 Å². The van der Waals surface area contributed by atoms with E-state index in [1.807, 2.05) is 30.3 Å². The summed E-state index contributed by atoms with van der Waals surface area (Å²) in [4.78, 5) is 13.4. The lowest BCUT2D eigenvalue weighted by Gasteiger charge is -2.32. The number of benzene rings is 2. The molecule has 1 aliphatic carbocycles. The van der Waals surface area contributed by atoms with Crippen LogP contribution in [0.25, 0.3) is 0 Å². The van der Waals surface area contributed by atoms with E-state index >= 15 is 0 Å². The van der Waals surface area contributed by atoms with Crippen LogP contribution in [0.1, 0.15) is 90.7 Å². The first-order valence-corrected chi connectivity index (χ1v) is 17.9. The third-order valence-electron chi connectivity index (χ3n) is 7.22. The van der Waals surface area contributed by atoms with Crippen molar-refractivity contribution < 1.29 is 44.5 Å². The molecule has 0 heterocycles. The predicted octanol–water partition coefficient (Wildman–Crippen LogP) is 8.78. The minimum absolute atomic E-state index is 0.00908. The van der Waals surface area contributed by atoms with Crippen LogP contribution in [0.4, 0.5) is 13.2 Å². The van der Waals surface area contributed by atoms with Gasteiger partial charge >= 0.3 is 14.0 Å². The van der Waals surface area contributed by atoms with Crippen molar-refractivity contribution >= 4 is 23.4 Å². The standard InChI is InChI=1S/C32H44F3O7PS/c1-30(2,3)41-43(37,42-31(4,5)6)40-21-26(24-10-8-7-9-11-24)20-29(36)25-14-12-23(13-15-25)22-44(38,39)28-18-16-27(17-19-28)32(33,34)35/h7-11,16-19,23,25-26H,12-15,20-22H2,1-6H3/t23?,25?,26-/m1/s1. The number of phosphoric ester groups is 1. The Morgan fingerprint density at radius 3 is 1.86 bits per heavy atom. The van der Waals surface area contributed by atoms with E-state index in [1.54, 1.807) is 41.5 Å². The fourth-order valence-corrected chi connectivity index (χ4v) is 8.78. The van der Waals surface area contributed by atoms with Gasteiger partial charge in [-0.2, -0.15) is 13.2 Å². The fourth-order valence-electron chi connectivity index (χ4n) is 5.24. The van der Waals surface area contributed by atoms with Crippen LogP contribution >= 0.6 is 7.82 Å². The Kier molecular flexibility index (Phi) is 11.7. The molecule has 0 aromatic heterocycles. The largest absolute Gasteiger partial charge is 0.475 e. The Morgan fingerprint density at radius 1 is 0.864 bits per heavy atom. The number of phosphoric acid groups is 1. The molecular formula is C32H44F3O7PS. The second-order valence-electron chi connectivity index (χ2n) is 13.4. The van der Waals surface area contributed by atoms with E-state index in [4.69, 9.17) is 13.6 Å². The molecular weight excluding hydrogens is 616 g/mol. The second-order valence-corrected chi connectivity index (χ2v) is 17.0. The smallest absolute Gasteiger partial charge is 0.299 e. The van der Waals surface area contributed by atoms with Crippen molar-refractivity contribution in [3.63, 3.8) is 0 Å². The van der Waals surface area contributed by atoms with Gasteiger partial charge in [0, 0.05) is 18.3 Å². The number of ketones is 1. The lowest BCUT2D eigenvalue weighted by atomic mass is 9.78. The zero-order chi connectivity index (χ0) is 33.0. The average Bonchev–Trinajstić information content (AvgIpc) is 2.89. The number of carbonyl (C=O) groups excluding carboxylic acids is 1. The maximum atomic E-state index is 13.6. The minimum Gasteiger partial charge on any atom is -0.299 e. The SMILES string of the molecule is CC(C)(C)OP(=O)(OC[C@@H](CC(=O)C1CCC(CS(=O)(=O)c2ccc(C(F)(F)F)cc2)CC1)c1ccccc1)OC(C)(C)C. The summed E-state index contributed by atoms with van der Waals surface area (Å²) in [7, 11) is -7.78. The number of carbonyl (C=O) groups is 1. The zero-order valence-electron chi connectivity index (χ0n) is 26.2. The molecule has 0 amide bonds. The number of alkyl halides is 3. The molecule has 1 aliphatic rings. The Bertz CT molecular complexity index is 1370. The molecule has 1 fully saturated rings. The molecule has 1 atom stereocenters. The summed E-state index contributed by atoms with van der Waals surface area (Å²) in [6, 6.07) is 12.9. The normalized spacial score (nSPS) is 19.5. The second kappa shape index (κ2) is 14.2. The average molecular weight is 661 g/mol. The summed E-state index contributed by atoms with van der Waals surface area (Å²) in [5.74, 6) is -1.06. The summed E-state index contributed by atoms with van der Waals surface area (Å²) in [6.07, 6.45) is -2.37. The van der Waals surface area contributed by atoms with Gasteiger partial charge in [-0.15, -0.1) is 0 Å². The molecule has 0 N–H and O–H groups in total. The number of halogens is 3. The summed E-state index contributed by atoms with van der Waals surface area (Å²) >= 11 is 0. The van der Waals surface area contributed by atoms with Gasteiger partial charge in [-0.1, -0.05) is 30.3 Å². The van der Waals surface area contributed by atoms with E-state index in [9.17, 15) is 30.9 Å². The van der Waals surface area contributed by atoms with Crippen molar-refractivity contribution in [3.8, 4) is 0 Å². The summed E-state index contributed by atoms with van der Waals surface area (Å²) in [6.45, 7) is 10.4. The summed E-state index contributed by atoms with van der Waals surface area (Å²) in [5, 5.41) is 0. The van der Waals surface area contributed by atoms with Gasteiger partial charge in [-0.25, -0.2) is 13.0 Å². The van der Waals surface area contributed by atoms with E-state index < -0.39 is 46.5 Å². The number of hydrogen-bond acceptors (Lipinski definition) is 7. The molecule has 1 saturated carbocycles. The van der Waals surface area contributed by atoms with Gasteiger partial charge in [0.15, 0.2) is 9.84 Å². The third-order valence-corrected chi connectivity index (χ3v) is 11.1. The molecule has 2 aromatic carbocycles. The van der Waals surface area contributed by atoms with Crippen molar-refractivity contribution in [2.75, 3.05) is 12.4 Å². The zero-order valence-corrected chi connectivity index (χ0v) is 27.9. The predicted molar refractivity (Wildman–Crippen MR) is 163 cm³/mol. The van der Waals surface area contributed by atoms with Gasteiger partial charge in [0.1, 0.15) is 5.78 Å². The van der Waals surface area contributed by atoms with Crippen molar-refractivity contribution in [2.24, 2.45) is 11.8 Å². The lowest BCUT2D eigenvalue weighted by molar-refractivity contribution is -0.137. The molecule has 12 heteroatoms. The maximum Gasteiger partial charge on any atom is 0.475 e. The van der Waals surface area contributed by atoms with E-state index in [-0.39, 0.29) is 41.3 Å². The summed E-state index contributed by atoms with van der Waals surface area (Å²) in [5.41, 5.74) is -1.68. The molecule has 2 aromatic rings. The number of Topliss-reactive ketones (excluding diaryl/α,β-unsaturated/α-hetero) is 1. The van der Waals surface area contributed by atoms with E-state index in [1.165, 1.54) is 0 Å². The van der Waals surface area contributed by atoms with E-state index in [0.717, 1.165) is 29.8 Å². The van der Waals surface area contributed by atoms with Crippen molar-refractivity contribution in [1.29, 1.82) is 0 Å². The Morgan fingerprint density at radius 2 is 1.39 bits per heavy atom. The molecule has 0 aliphatic heterocycles. The quantitative estimate of drug-likeness (QED) is 0.210. The van der Waals surface area contributed by atoms with Crippen molar-refractivity contribution in [2.45, 2.75) is 102 Å². The van der Waals surface area contributed by atoms with Crippen LogP contribution in [0.2, 0.25) is 0 Å². The van der Waals surface area contributed by atoms with Gasteiger partial charge in [0.05, 0.1) is 34.0 Å². The summed E-state index contributed by atoms with van der Waals surface area (Å²) < 4.78 is 95.4. The molecule has 3 rings (SSSR count). The van der Waals surface area contributed by atoms with Crippen LogP contribution in [0.15, 0.2) is 59.5 Å². The molecule has 0 unspecified atom stereocenters. The minimum atomic E-state index is -4.54.